The number of rotatable bonds is 3. The molecule has 1 amide bonds. The number of anilines is 1. The summed E-state index contributed by atoms with van der Waals surface area (Å²) in [6, 6.07) is 7.99. The zero-order valence-electron chi connectivity index (χ0n) is 9.70. The molecule has 5 heteroatoms. The predicted octanol–water partition coefficient (Wildman–Crippen LogP) is 0.882. The molecule has 1 aliphatic heterocycles. The minimum atomic E-state index is 0. The van der Waals surface area contributed by atoms with Crippen molar-refractivity contribution in [1.82, 2.24) is 4.90 Å². The molecule has 2 rings (SSSR count). The van der Waals surface area contributed by atoms with Crippen LogP contribution in [0.3, 0.4) is 0 Å². The minimum Gasteiger partial charge on any atom is -0.520 e. The fourth-order valence-electron chi connectivity index (χ4n) is 1.85. The van der Waals surface area contributed by atoms with Crippen LogP contribution in [0.1, 0.15) is 0 Å². The van der Waals surface area contributed by atoms with Crippen molar-refractivity contribution in [3.05, 3.63) is 24.3 Å². The molecule has 1 saturated heterocycles. The molecule has 17 heavy (non-hydrogen) atoms. The second kappa shape index (κ2) is 6.52. The van der Waals surface area contributed by atoms with Crippen molar-refractivity contribution >= 4 is 12.1 Å². The number of amides is 1. The van der Waals surface area contributed by atoms with Gasteiger partial charge in [0.2, 0.25) is 0 Å². The Morgan fingerprint density at radius 2 is 1.71 bits per heavy atom. The monoisotopic (exact) mass is 275 g/mol. The molecule has 0 spiro atoms. The maximum atomic E-state index is 10.5. The van der Waals surface area contributed by atoms with Crippen molar-refractivity contribution in [2.24, 2.45) is 0 Å². The Kier molecular flexibility index (Phi) is 5.32. The summed E-state index contributed by atoms with van der Waals surface area (Å²) >= 11 is 0. The van der Waals surface area contributed by atoms with Crippen molar-refractivity contribution in [2.75, 3.05) is 38.2 Å². The van der Waals surface area contributed by atoms with Gasteiger partial charge in [-0.2, -0.15) is 6.41 Å². The molecule has 1 heterocycles. The molecule has 0 aromatic heterocycles. The summed E-state index contributed by atoms with van der Waals surface area (Å²) in [6.07, 6.45) is 1.93. The molecule has 0 N–H and O–H groups in total. The smallest absolute Gasteiger partial charge is 0.119 e. The van der Waals surface area contributed by atoms with Crippen molar-refractivity contribution < 1.29 is 26.6 Å². The number of ether oxygens (including phenoxy) is 1. The first-order valence-corrected chi connectivity index (χ1v) is 5.35. The number of benzene rings is 1. The van der Waals surface area contributed by atoms with Crippen molar-refractivity contribution in [3.63, 3.8) is 0 Å². The van der Waals surface area contributed by atoms with E-state index in [0.29, 0.717) is 0 Å². The van der Waals surface area contributed by atoms with Gasteiger partial charge in [0, 0.05) is 48.9 Å². The first kappa shape index (κ1) is 13.9. The quantitative estimate of drug-likeness (QED) is 0.606. The molecule has 0 saturated carbocycles. The van der Waals surface area contributed by atoms with Crippen LogP contribution in [0, 0.1) is 0 Å². The second-order valence-electron chi connectivity index (χ2n) is 3.76. The molecule has 0 unspecified atom stereocenters. The van der Waals surface area contributed by atoms with Gasteiger partial charge in [-0.25, -0.2) is 0 Å². The van der Waals surface area contributed by atoms with Gasteiger partial charge in [0.1, 0.15) is 5.75 Å². The summed E-state index contributed by atoms with van der Waals surface area (Å²) in [5.74, 6) is 0.864. The van der Waals surface area contributed by atoms with E-state index in [1.165, 1.54) is 5.69 Å². The van der Waals surface area contributed by atoms with Crippen LogP contribution in [-0.2, 0) is 21.9 Å². The molecule has 0 bridgehead atoms. The average molecular weight is 275 g/mol. The number of piperazine rings is 1. The third-order valence-electron chi connectivity index (χ3n) is 2.85. The molecule has 1 aromatic rings. The van der Waals surface area contributed by atoms with Gasteiger partial charge in [-0.3, -0.25) is 0 Å². The van der Waals surface area contributed by atoms with Crippen LogP contribution in [0.4, 0.5) is 5.69 Å². The van der Waals surface area contributed by atoms with Gasteiger partial charge in [-0.05, 0) is 24.3 Å². The molecule has 0 radical (unpaired) electrons. The zero-order valence-corrected chi connectivity index (χ0v) is 10.8. The van der Waals surface area contributed by atoms with Crippen LogP contribution in [0.2, 0.25) is 0 Å². The number of methoxy groups -OCH3 is 1. The van der Waals surface area contributed by atoms with E-state index in [2.05, 4.69) is 4.90 Å². The van der Waals surface area contributed by atoms with Crippen LogP contribution in [-0.4, -0.2) is 44.6 Å². The third kappa shape index (κ3) is 3.38. The van der Waals surface area contributed by atoms with Gasteiger partial charge in [0.15, 0.2) is 0 Å². The Labute approximate surface area is 112 Å². The van der Waals surface area contributed by atoms with Crippen molar-refractivity contribution in [3.8, 4) is 5.75 Å². The maximum absolute atomic E-state index is 10.5. The topological polar surface area (TPSA) is 32.8 Å². The Morgan fingerprint density at radius 3 is 2.18 bits per heavy atom. The van der Waals surface area contributed by atoms with E-state index in [9.17, 15) is 4.79 Å². The summed E-state index contributed by atoms with van der Waals surface area (Å²) < 4.78 is 5.11. The van der Waals surface area contributed by atoms with E-state index in [1.807, 2.05) is 30.7 Å². The van der Waals surface area contributed by atoms with Crippen LogP contribution in [0.25, 0.3) is 0 Å². The second-order valence-corrected chi connectivity index (χ2v) is 3.76. The van der Waals surface area contributed by atoms with Crippen LogP contribution in [0.15, 0.2) is 24.3 Å². The molecule has 4 nitrogen and oxygen atoms in total. The number of hydrogen-bond acceptors (Lipinski definition) is 3. The standard InChI is InChI=1S/C12H15N2O2.Fe/c1-16-12-4-2-11(3-5-12)14-8-6-13(10-15)7-9-14;/h2-5H,6-9H2,1H3;/q-1;. The first-order valence-electron chi connectivity index (χ1n) is 5.35. The summed E-state index contributed by atoms with van der Waals surface area (Å²) in [7, 11) is 1.66. The summed E-state index contributed by atoms with van der Waals surface area (Å²) in [4.78, 5) is 14.4. The van der Waals surface area contributed by atoms with E-state index >= 15 is 0 Å². The van der Waals surface area contributed by atoms with Gasteiger partial charge in [-0.1, -0.05) is 0 Å². The first-order chi connectivity index (χ1) is 7.83. The summed E-state index contributed by atoms with van der Waals surface area (Å²) in [6.45, 7) is 3.22. The molecule has 1 aliphatic rings. The van der Waals surface area contributed by atoms with E-state index in [1.54, 1.807) is 12.0 Å². The van der Waals surface area contributed by atoms with Gasteiger partial charge >= 0.3 is 0 Å². The molecule has 0 atom stereocenters. The van der Waals surface area contributed by atoms with Crippen molar-refractivity contribution in [1.29, 1.82) is 0 Å². The normalized spacial score (nSPS) is 15.1. The molecule has 1 fully saturated rings. The minimum absolute atomic E-state index is 0. The Bertz CT molecular complexity index is 348. The number of carbonyl (C=O) groups excluding carboxylic acids is 1. The SMILES string of the molecule is COc1ccc(N2CCN([C-]=O)CC2)cc1.[Fe]. The van der Waals surface area contributed by atoms with Crippen LogP contribution in [0.5, 0.6) is 5.75 Å². The number of nitrogens with zero attached hydrogens (tertiary/aromatic N) is 2. The van der Waals surface area contributed by atoms with E-state index in [4.69, 9.17) is 4.74 Å². The van der Waals surface area contributed by atoms with Crippen LogP contribution >= 0.6 is 0 Å². The third-order valence-corrected chi connectivity index (χ3v) is 2.85. The van der Waals surface area contributed by atoms with Gasteiger partial charge in [0.05, 0.1) is 7.11 Å². The van der Waals surface area contributed by atoms with Gasteiger partial charge in [0.25, 0.3) is 0 Å². The fraction of sp³-hybridized carbons (Fsp3) is 0.417. The maximum Gasteiger partial charge on any atom is 0.119 e. The van der Waals surface area contributed by atoms with Crippen LogP contribution < -0.4 is 9.64 Å². The van der Waals surface area contributed by atoms with E-state index < -0.39 is 0 Å². The Hall–Kier alpha value is -1.19. The summed E-state index contributed by atoms with van der Waals surface area (Å²) in [5.41, 5.74) is 1.17. The molecular formula is C12H15FeN2O2-. The molecule has 94 valence electrons. The zero-order chi connectivity index (χ0) is 11.4. The van der Waals surface area contributed by atoms with Crippen molar-refractivity contribution in [2.45, 2.75) is 0 Å². The predicted molar refractivity (Wildman–Crippen MR) is 62.5 cm³/mol. The molecule has 0 aliphatic carbocycles. The van der Waals surface area contributed by atoms with E-state index in [0.717, 1.165) is 31.9 Å². The molecular weight excluding hydrogens is 260 g/mol. The fourth-order valence-corrected chi connectivity index (χ4v) is 1.85. The largest absolute Gasteiger partial charge is 0.520 e. The average Bonchev–Trinajstić information content (AvgIpc) is 2.39. The van der Waals surface area contributed by atoms with Gasteiger partial charge in [-0.15, -0.1) is 0 Å². The Balaban J connectivity index is 0.00000144. The van der Waals surface area contributed by atoms with Gasteiger partial charge < -0.3 is 19.3 Å². The molecule has 1 aromatic carbocycles. The number of hydrogen-bond donors (Lipinski definition) is 0. The Morgan fingerprint density at radius 1 is 1.12 bits per heavy atom. The van der Waals surface area contributed by atoms with E-state index in [-0.39, 0.29) is 17.1 Å². The summed E-state index contributed by atoms with van der Waals surface area (Å²) in [5, 5.41) is 0.